The third kappa shape index (κ3) is 7.05. The van der Waals surface area contributed by atoms with Gasteiger partial charge in [-0.05, 0) is 62.3 Å². The molecule has 37 heavy (non-hydrogen) atoms. The minimum atomic E-state index is -3.45. The lowest BCUT2D eigenvalue weighted by atomic mass is 10.1. The SMILES string of the molecule is CCc1ccc(Cl)c(C(=O)NC(=O)Nc2nc3ccc(S(=O)(=O)CCCN4CCN(C)CC4)cc3s2)c1. The van der Waals surface area contributed by atoms with Crippen LogP contribution >= 0.6 is 22.9 Å². The molecule has 3 amide bonds. The summed E-state index contributed by atoms with van der Waals surface area (Å²) in [7, 11) is -1.36. The van der Waals surface area contributed by atoms with Gasteiger partial charge in [0.25, 0.3) is 5.91 Å². The molecule has 0 aliphatic carbocycles. The second kappa shape index (κ2) is 11.9. The van der Waals surface area contributed by atoms with Crippen molar-refractivity contribution in [2.24, 2.45) is 0 Å². The first kappa shape index (κ1) is 27.5. The second-order valence-electron chi connectivity index (χ2n) is 9.04. The maximum atomic E-state index is 12.9. The minimum Gasteiger partial charge on any atom is -0.304 e. The second-order valence-corrected chi connectivity index (χ2v) is 12.6. The van der Waals surface area contributed by atoms with E-state index in [4.69, 9.17) is 11.6 Å². The first-order valence-corrected chi connectivity index (χ1v) is 14.9. The summed E-state index contributed by atoms with van der Waals surface area (Å²) in [4.78, 5) is 34.1. The minimum absolute atomic E-state index is 0.0705. The summed E-state index contributed by atoms with van der Waals surface area (Å²) in [5, 5.41) is 5.31. The highest BCUT2D eigenvalue weighted by atomic mass is 35.5. The molecule has 0 saturated carbocycles. The van der Waals surface area contributed by atoms with E-state index in [1.807, 2.05) is 13.0 Å². The number of rotatable bonds is 8. The summed E-state index contributed by atoms with van der Waals surface area (Å²) < 4.78 is 26.5. The molecule has 2 aromatic carbocycles. The number of piperazine rings is 1. The molecule has 1 aliphatic heterocycles. The van der Waals surface area contributed by atoms with Crippen molar-refractivity contribution >= 4 is 60.1 Å². The van der Waals surface area contributed by atoms with Crippen molar-refractivity contribution in [2.75, 3.05) is 50.8 Å². The molecule has 0 atom stereocenters. The van der Waals surface area contributed by atoms with E-state index in [0.29, 0.717) is 16.6 Å². The van der Waals surface area contributed by atoms with Crippen molar-refractivity contribution in [1.29, 1.82) is 0 Å². The number of carbonyl (C=O) groups excluding carboxylic acids is 2. The zero-order valence-electron chi connectivity index (χ0n) is 20.8. The highest BCUT2D eigenvalue weighted by molar-refractivity contribution is 7.91. The third-order valence-corrected chi connectivity index (χ3v) is 9.39. The van der Waals surface area contributed by atoms with Crippen molar-refractivity contribution in [3.05, 3.63) is 52.5 Å². The normalized spacial score (nSPS) is 15.1. The predicted molar refractivity (Wildman–Crippen MR) is 148 cm³/mol. The standard InChI is InChI=1S/C25H30ClN5O4S2/c1-3-17-5-7-20(26)19(15-17)23(32)28-24(33)29-25-27-21-8-6-18(16-22(21)36-25)37(34,35)14-4-9-31-12-10-30(2)11-13-31/h5-8,15-16H,3-4,9-14H2,1-2H3,(H2,27,28,29,32,33). The number of carbonyl (C=O) groups is 2. The number of urea groups is 1. The number of imide groups is 1. The molecule has 1 fully saturated rings. The lowest BCUT2D eigenvalue weighted by Crippen LogP contribution is -2.44. The zero-order valence-corrected chi connectivity index (χ0v) is 23.2. The van der Waals surface area contributed by atoms with Gasteiger partial charge in [0, 0.05) is 26.2 Å². The number of hydrogen-bond acceptors (Lipinski definition) is 8. The Morgan fingerprint density at radius 3 is 2.59 bits per heavy atom. The predicted octanol–water partition coefficient (Wildman–Crippen LogP) is 3.89. The van der Waals surface area contributed by atoms with E-state index >= 15 is 0 Å². The number of halogens is 1. The Labute approximate surface area is 225 Å². The number of amides is 3. The molecule has 9 nitrogen and oxygen atoms in total. The van der Waals surface area contributed by atoms with Gasteiger partial charge in [-0.3, -0.25) is 15.4 Å². The Bertz CT molecular complexity index is 1400. The number of likely N-dealkylation sites (N-methyl/N-ethyl adjacent to an activating group) is 1. The summed E-state index contributed by atoms with van der Waals surface area (Å²) in [6, 6.07) is 9.10. The van der Waals surface area contributed by atoms with Crippen LogP contribution in [0.4, 0.5) is 9.93 Å². The van der Waals surface area contributed by atoms with E-state index in [1.54, 1.807) is 30.3 Å². The van der Waals surface area contributed by atoms with Gasteiger partial charge in [-0.1, -0.05) is 35.9 Å². The average molecular weight is 564 g/mol. The lowest BCUT2D eigenvalue weighted by Gasteiger charge is -2.32. The van der Waals surface area contributed by atoms with Crippen LogP contribution in [0.15, 0.2) is 41.3 Å². The van der Waals surface area contributed by atoms with E-state index in [9.17, 15) is 18.0 Å². The number of sulfone groups is 1. The quantitative estimate of drug-likeness (QED) is 0.428. The Kier molecular flexibility index (Phi) is 8.81. The maximum absolute atomic E-state index is 12.9. The number of aryl methyl sites for hydroxylation is 1. The largest absolute Gasteiger partial charge is 0.327 e. The van der Waals surface area contributed by atoms with E-state index in [1.165, 1.54) is 0 Å². The number of thiazole rings is 1. The van der Waals surface area contributed by atoms with Crippen molar-refractivity contribution in [3.63, 3.8) is 0 Å². The van der Waals surface area contributed by atoms with E-state index in [-0.39, 0.29) is 26.4 Å². The van der Waals surface area contributed by atoms with Crippen LogP contribution in [0.1, 0.15) is 29.3 Å². The van der Waals surface area contributed by atoms with Crippen LogP contribution in [0.3, 0.4) is 0 Å². The van der Waals surface area contributed by atoms with E-state index < -0.39 is 21.8 Å². The molecule has 0 spiro atoms. The van der Waals surface area contributed by atoms with Crippen molar-refractivity contribution in [1.82, 2.24) is 20.1 Å². The fraction of sp³-hybridized carbons (Fsp3) is 0.400. The fourth-order valence-electron chi connectivity index (χ4n) is 4.08. The van der Waals surface area contributed by atoms with Crippen molar-refractivity contribution < 1.29 is 18.0 Å². The number of aromatic nitrogens is 1. The molecule has 1 saturated heterocycles. The van der Waals surface area contributed by atoms with E-state index in [0.717, 1.165) is 56.0 Å². The Balaban J connectivity index is 1.36. The molecular formula is C25H30ClN5O4S2. The Hall–Kier alpha value is -2.57. The molecular weight excluding hydrogens is 534 g/mol. The highest BCUT2D eigenvalue weighted by Crippen LogP contribution is 2.29. The van der Waals surface area contributed by atoms with Gasteiger partial charge in [0.1, 0.15) is 0 Å². The number of hydrogen-bond donors (Lipinski definition) is 2. The summed E-state index contributed by atoms with van der Waals surface area (Å²) >= 11 is 7.25. The number of anilines is 1. The molecule has 4 rings (SSSR count). The van der Waals surface area contributed by atoms with Gasteiger partial charge in [0.05, 0.1) is 31.5 Å². The molecule has 0 unspecified atom stereocenters. The van der Waals surface area contributed by atoms with Gasteiger partial charge in [0.2, 0.25) is 0 Å². The average Bonchev–Trinajstić information content (AvgIpc) is 3.26. The molecule has 3 aromatic rings. The van der Waals surface area contributed by atoms with Crippen LogP contribution in [0.25, 0.3) is 10.2 Å². The summed E-state index contributed by atoms with van der Waals surface area (Å²) in [5.41, 5.74) is 1.69. The zero-order chi connectivity index (χ0) is 26.6. The van der Waals surface area contributed by atoms with Gasteiger partial charge >= 0.3 is 6.03 Å². The van der Waals surface area contributed by atoms with Crippen LogP contribution in [-0.4, -0.2) is 80.7 Å². The number of nitrogens with zero attached hydrogens (tertiary/aromatic N) is 3. The smallest absolute Gasteiger partial charge is 0.304 e. The Morgan fingerprint density at radius 2 is 1.86 bits per heavy atom. The van der Waals surface area contributed by atoms with Gasteiger partial charge in [-0.25, -0.2) is 18.2 Å². The molecule has 198 valence electrons. The number of fused-ring (bicyclic) bond motifs is 1. The van der Waals surface area contributed by atoms with E-state index in [2.05, 4.69) is 32.5 Å². The first-order valence-electron chi connectivity index (χ1n) is 12.1. The molecule has 12 heteroatoms. The topological polar surface area (TPSA) is 112 Å². The molecule has 0 bridgehead atoms. The number of benzene rings is 2. The van der Waals surface area contributed by atoms with Crippen molar-refractivity contribution in [3.8, 4) is 0 Å². The van der Waals surface area contributed by atoms with Gasteiger partial charge in [-0.2, -0.15) is 0 Å². The monoisotopic (exact) mass is 563 g/mol. The third-order valence-electron chi connectivity index (χ3n) is 6.33. The van der Waals surface area contributed by atoms with Gasteiger partial charge < -0.3 is 9.80 Å². The summed E-state index contributed by atoms with van der Waals surface area (Å²) in [6.45, 7) is 6.61. The molecule has 2 heterocycles. The van der Waals surface area contributed by atoms with Crippen LogP contribution in [0.2, 0.25) is 5.02 Å². The first-order chi connectivity index (χ1) is 17.6. The maximum Gasteiger partial charge on any atom is 0.327 e. The van der Waals surface area contributed by atoms with Gasteiger partial charge in [-0.15, -0.1) is 0 Å². The molecule has 0 radical (unpaired) electrons. The van der Waals surface area contributed by atoms with Gasteiger partial charge in [0.15, 0.2) is 15.0 Å². The molecule has 1 aliphatic rings. The molecule has 1 aromatic heterocycles. The van der Waals surface area contributed by atoms with Crippen LogP contribution < -0.4 is 10.6 Å². The van der Waals surface area contributed by atoms with Crippen LogP contribution in [-0.2, 0) is 16.3 Å². The Morgan fingerprint density at radius 1 is 1.11 bits per heavy atom. The lowest BCUT2D eigenvalue weighted by molar-refractivity contribution is 0.0967. The highest BCUT2D eigenvalue weighted by Gasteiger charge is 2.20. The fourth-order valence-corrected chi connectivity index (χ4v) is 6.58. The van der Waals surface area contributed by atoms with Crippen molar-refractivity contribution in [2.45, 2.75) is 24.7 Å². The summed E-state index contributed by atoms with van der Waals surface area (Å²) in [6.07, 6.45) is 1.29. The number of nitrogens with one attached hydrogen (secondary N) is 2. The van der Waals surface area contributed by atoms with Crippen LogP contribution in [0.5, 0.6) is 0 Å². The van der Waals surface area contributed by atoms with Crippen LogP contribution in [0, 0.1) is 0 Å². The molecule has 2 N–H and O–H groups in total. The summed E-state index contributed by atoms with van der Waals surface area (Å²) in [5.74, 6) is -0.551.